The zero-order chi connectivity index (χ0) is 15.7. The van der Waals surface area contributed by atoms with E-state index in [2.05, 4.69) is 0 Å². The van der Waals surface area contributed by atoms with Crippen LogP contribution in [0.3, 0.4) is 0 Å². The van der Waals surface area contributed by atoms with E-state index >= 15 is 0 Å². The van der Waals surface area contributed by atoms with E-state index in [-0.39, 0.29) is 5.56 Å². The molecule has 1 rings (SSSR count). The van der Waals surface area contributed by atoms with Crippen molar-refractivity contribution in [2.45, 2.75) is 37.9 Å². The number of hydrogen-bond acceptors (Lipinski definition) is 2. The van der Waals surface area contributed by atoms with Gasteiger partial charge in [-0.2, -0.15) is 13.2 Å². The van der Waals surface area contributed by atoms with Gasteiger partial charge in [0.05, 0.1) is 12.0 Å². The third kappa shape index (κ3) is 3.93. The van der Waals surface area contributed by atoms with Crippen molar-refractivity contribution in [3.63, 3.8) is 0 Å². The van der Waals surface area contributed by atoms with E-state index in [0.29, 0.717) is 12.1 Å². The van der Waals surface area contributed by atoms with Gasteiger partial charge in [0.25, 0.3) is 0 Å². The molecule has 0 aliphatic rings. The maximum atomic E-state index is 13.2. The molecule has 0 saturated carbocycles. The standard InChI is InChI=1S/C13H15F4NO2/c1-12(2,18)8(6-11(19)20)7-3-4-10(14)9(5-7)13(15,16)17/h3-5,8H,6,18H2,1-2H3,(H,19,20). The summed E-state index contributed by atoms with van der Waals surface area (Å²) in [5.74, 6) is -3.45. The lowest BCUT2D eigenvalue weighted by Crippen LogP contribution is -2.40. The molecule has 0 aromatic heterocycles. The molecular weight excluding hydrogens is 278 g/mol. The molecule has 0 saturated heterocycles. The molecule has 0 radical (unpaired) electrons. The Balaban J connectivity index is 3.32. The van der Waals surface area contributed by atoms with Crippen LogP contribution in [0.15, 0.2) is 18.2 Å². The van der Waals surface area contributed by atoms with E-state index in [1.807, 2.05) is 0 Å². The first-order valence-electron chi connectivity index (χ1n) is 5.80. The second-order valence-corrected chi connectivity index (χ2v) is 5.21. The molecule has 0 aliphatic heterocycles. The molecule has 1 unspecified atom stereocenters. The average Bonchev–Trinajstić information content (AvgIpc) is 2.23. The molecule has 3 N–H and O–H groups in total. The maximum Gasteiger partial charge on any atom is 0.419 e. The third-order valence-electron chi connectivity index (χ3n) is 2.98. The summed E-state index contributed by atoms with van der Waals surface area (Å²) in [4.78, 5) is 10.8. The molecule has 1 atom stereocenters. The summed E-state index contributed by atoms with van der Waals surface area (Å²) < 4.78 is 51.2. The van der Waals surface area contributed by atoms with Crippen molar-refractivity contribution in [1.82, 2.24) is 0 Å². The highest BCUT2D eigenvalue weighted by Crippen LogP contribution is 2.36. The van der Waals surface area contributed by atoms with Gasteiger partial charge in [0.2, 0.25) is 0 Å². The van der Waals surface area contributed by atoms with Crippen molar-refractivity contribution >= 4 is 5.97 Å². The Morgan fingerprint density at radius 3 is 2.30 bits per heavy atom. The van der Waals surface area contributed by atoms with E-state index in [0.717, 1.165) is 6.07 Å². The van der Waals surface area contributed by atoms with Crippen LogP contribution in [0.2, 0.25) is 0 Å². The number of aliphatic carboxylic acids is 1. The van der Waals surface area contributed by atoms with Crippen LogP contribution < -0.4 is 5.73 Å². The maximum absolute atomic E-state index is 13.2. The van der Waals surface area contributed by atoms with Crippen LogP contribution in [0.25, 0.3) is 0 Å². The van der Waals surface area contributed by atoms with Crippen molar-refractivity contribution in [1.29, 1.82) is 0 Å². The van der Waals surface area contributed by atoms with Crippen LogP contribution in [0.5, 0.6) is 0 Å². The van der Waals surface area contributed by atoms with Gasteiger partial charge in [0.15, 0.2) is 0 Å². The summed E-state index contributed by atoms with van der Waals surface area (Å²) in [6.45, 7) is 3.02. The number of carbonyl (C=O) groups is 1. The number of alkyl halides is 3. The summed E-state index contributed by atoms with van der Waals surface area (Å²) in [6, 6.07) is 2.43. The van der Waals surface area contributed by atoms with Gasteiger partial charge in [-0.1, -0.05) is 6.07 Å². The number of hydrogen-bond donors (Lipinski definition) is 2. The van der Waals surface area contributed by atoms with E-state index < -0.39 is 41.4 Å². The molecule has 20 heavy (non-hydrogen) atoms. The van der Waals surface area contributed by atoms with Crippen molar-refractivity contribution in [3.8, 4) is 0 Å². The zero-order valence-electron chi connectivity index (χ0n) is 11.0. The van der Waals surface area contributed by atoms with Gasteiger partial charge in [0, 0.05) is 11.5 Å². The van der Waals surface area contributed by atoms with Crippen LogP contribution in [0.4, 0.5) is 17.6 Å². The number of carboxylic acid groups (broad SMARTS) is 1. The SMILES string of the molecule is CC(C)(N)C(CC(=O)O)c1ccc(F)c(C(F)(F)F)c1. The monoisotopic (exact) mass is 293 g/mol. The van der Waals surface area contributed by atoms with Gasteiger partial charge in [-0.15, -0.1) is 0 Å². The van der Waals surface area contributed by atoms with Crippen LogP contribution in [0, 0.1) is 5.82 Å². The van der Waals surface area contributed by atoms with Gasteiger partial charge in [0.1, 0.15) is 5.82 Å². The minimum Gasteiger partial charge on any atom is -0.481 e. The summed E-state index contributed by atoms with van der Waals surface area (Å²) in [5, 5.41) is 8.84. The minimum absolute atomic E-state index is 0.0497. The Labute approximate surface area is 113 Å². The quantitative estimate of drug-likeness (QED) is 0.838. The van der Waals surface area contributed by atoms with Crippen molar-refractivity contribution in [2.75, 3.05) is 0 Å². The summed E-state index contributed by atoms with van der Waals surface area (Å²) in [7, 11) is 0. The Morgan fingerprint density at radius 2 is 1.90 bits per heavy atom. The van der Waals surface area contributed by atoms with E-state index in [1.165, 1.54) is 13.8 Å². The molecule has 0 aliphatic carbocycles. The van der Waals surface area contributed by atoms with Gasteiger partial charge in [-0.05, 0) is 31.5 Å². The second-order valence-electron chi connectivity index (χ2n) is 5.21. The molecule has 112 valence electrons. The fourth-order valence-electron chi connectivity index (χ4n) is 1.96. The largest absolute Gasteiger partial charge is 0.481 e. The number of halogens is 4. The predicted octanol–water partition coefficient (Wildman–Crippen LogP) is 3.14. The van der Waals surface area contributed by atoms with Gasteiger partial charge >= 0.3 is 12.1 Å². The fraction of sp³-hybridized carbons (Fsp3) is 0.462. The van der Waals surface area contributed by atoms with E-state index in [9.17, 15) is 22.4 Å². The second kappa shape index (κ2) is 5.40. The third-order valence-corrected chi connectivity index (χ3v) is 2.98. The molecular formula is C13H15F4NO2. The summed E-state index contributed by atoms with van der Waals surface area (Å²) in [5.41, 5.74) is 3.39. The molecule has 0 spiro atoms. The molecule has 1 aromatic carbocycles. The summed E-state index contributed by atoms with van der Waals surface area (Å²) >= 11 is 0. The van der Waals surface area contributed by atoms with E-state index in [4.69, 9.17) is 10.8 Å². The Hall–Kier alpha value is -1.63. The van der Waals surface area contributed by atoms with Crippen molar-refractivity contribution in [3.05, 3.63) is 35.1 Å². The number of carboxylic acids is 1. The van der Waals surface area contributed by atoms with Crippen LogP contribution in [-0.4, -0.2) is 16.6 Å². The molecule has 0 fully saturated rings. The molecule has 3 nitrogen and oxygen atoms in total. The van der Waals surface area contributed by atoms with Gasteiger partial charge in [-0.3, -0.25) is 4.79 Å². The molecule has 0 amide bonds. The van der Waals surface area contributed by atoms with Crippen molar-refractivity contribution in [2.24, 2.45) is 5.73 Å². The smallest absolute Gasteiger partial charge is 0.419 e. The minimum atomic E-state index is -4.84. The van der Waals surface area contributed by atoms with Gasteiger partial charge < -0.3 is 10.8 Å². The molecule has 0 heterocycles. The average molecular weight is 293 g/mol. The normalized spacial score (nSPS) is 14.2. The van der Waals surface area contributed by atoms with Gasteiger partial charge in [-0.25, -0.2) is 4.39 Å². The zero-order valence-corrected chi connectivity index (χ0v) is 11.0. The lowest BCUT2D eigenvalue weighted by atomic mass is 9.80. The highest BCUT2D eigenvalue weighted by atomic mass is 19.4. The molecule has 7 heteroatoms. The van der Waals surface area contributed by atoms with E-state index in [1.54, 1.807) is 0 Å². The van der Waals surface area contributed by atoms with Crippen LogP contribution in [0.1, 0.15) is 37.3 Å². The molecule has 0 bridgehead atoms. The first kappa shape index (κ1) is 16.4. The Bertz CT molecular complexity index is 506. The predicted molar refractivity (Wildman–Crippen MR) is 64.7 cm³/mol. The lowest BCUT2D eigenvalue weighted by molar-refractivity contribution is -0.140. The van der Waals surface area contributed by atoms with Crippen LogP contribution in [-0.2, 0) is 11.0 Å². The number of benzene rings is 1. The lowest BCUT2D eigenvalue weighted by Gasteiger charge is -2.30. The van der Waals surface area contributed by atoms with Crippen LogP contribution >= 0.6 is 0 Å². The van der Waals surface area contributed by atoms with Crippen molar-refractivity contribution < 1.29 is 27.5 Å². The Morgan fingerprint density at radius 1 is 1.35 bits per heavy atom. The summed E-state index contributed by atoms with van der Waals surface area (Å²) in [6.07, 6.45) is -5.28. The highest BCUT2D eigenvalue weighted by Gasteiger charge is 2.36. The topological polar surface area (TPSA) is 63.3 Å². The fourth-order valence-corrected chi connectivity index (χ4v) is 1.96. The number of nitrogens with two attached hydrogens (primary N) is 1. The highest BCUT2D eigenvalue weighted by molar-refractivity contribution is 5.68. The molecule has 1 aromatic rings. The Kier molecular flexibility index (Phi) is 4.43. The number of rotatable bonds is 4. The first-order valence-corrected chi connectivity index (χ1v) is 5.80. The first-order chi connectivity index (χ1) is 8.93.